The SMILES string of the molecule is CCN(CC)C(=O)CN(C)C(=O)[C@@H](N)Cc1ccccc1. The van der Waals surface area contributed by atoms with Gasteiger partial charge in [-0.2, -0.15) is 0 Å². The summed E-state index contributed by atoms with van der Waals surface area (Å²) in [6.45, 7) is 5.21. The van der Waals surface area contributed by atoms with E-state index in [1.807, 2.05) is 44.2 Å². The number of hydrogen-bond donors (Lipinski definition) is 1. The van der Waals surface area contributed by atoms with Crippen molar-refractivity contribution in [2.45, 2.75) is 26.3 Å². The molecular weight excluding hydrogens is 266 g/mol. The van der Waals surface area contributed by atoms with Gasteiger partial charge in [0.25, 0.3) is 0 Å². The number of amides is 2. The van der Waals surface area contributed by atoms with E-state index in [1.54, 1.807) is 11.9 Å². The molecule has 0 unspecified atom stereocenters. The zero-order valence-corrected chi connectivity index (χ0v) is 13.1. The number of rotatable bonds is 7. The van der Waals surface area contributed by atoms with Crippen LogP contribution in [-0.2, 0) is 16.0 Å². The van der Waals surface area contributed by atoms with E-state index in [1.165, 1.54) is 4.90 Å². The van der Waals surface area contributed by atoms with Crippen molar-refractivity contribution in [1.29, 1.82) is 0 Å². The molecule has 1 aromatic carbocycles. The van der Waals surface area contributed by atoms with Crippen LogP contribution in [0.1, 0.15) is 19.4 Å². The number of likely N-dealkylation sites (N-methyl/N-ethyl adjacent to an activating group) is 2. The van der Waals surface area contributed by atoms with Gasteiger partial charge >= 0.3 is 0 Å². The zero-order chi connectivity index (χ0) is 15.8. The van der Waals surface area contributed by atoms with Gasteiger partial charge in [0, 0.05) is 20.1 Å². The Labute approximate surface area is 126 Å². The first-order valence-electron chi connectivity index (χ1n) is 7.31. The van der Waals surface area contributed by atoms with E-state index in [0.717, 1.165) is 5.56 Å². The van der Waals surface area contributed by atoms with Crippen molar-refractivity contribution in [1.82, 2.24) is 9.80 Å². The molecular formula is C16H25N3O2. The van der Waals surface area contributed by atoms with Crippen molar-refractivity contribution in [3.63, 3.8) is 0 Å². The van der Waals surface area contributed by atoms with Crippen molar-refractivity contribution >= 4 is 11.8 Å². The molecule has 0 heterocycles. The molecule has 0 bridgehead atoms. The molecule has 1 aromatic rings. The Morgan fingerprint density at radius 3 is 2.24 bits per heavy atom. The molecule has 1 atom stereocenters. The fraction of sp³-hybridized carbons (Fsp3) is 0.500. The Bertz CT molecular complexity index is 458. The Morgan fingerprint density at radius 2 is 1.71 bits per heavy atom. The Hall–Kier alpha value is -1.88. The average molecular weight is 291 g/mol. The molecule has 5 nitrogen and oxygen atoms in total. The highest BCUT2D eigenvalue weighted by atomic mass is 16.2. The highest BCUT2D eigenvalue weighted by Crippen LogP contribution is 2.04. The number of nitrogens with two attached hydrogens (primary N) is 1. The number of carbonyl (C=O) groups is 2. The molecule has 0 aliphatic rings. The summed E-state index contributed by atoms with van der Waals surface area (Å²) in [4.78, 5) is 27.3. The molecule has 21 heavy (non-hydrogen) atoms. The zero-order valence-electron chi connectivity index (χ0n) is 13.1. The summed E-state index contributed by atoms with van der Waals surface area (Å²) in [6, 6.07) is 9.01. The summed E-state index contributed by atoms with van der Waals surface area (Å²) in [7, 11) is 1.62. The molecule has 0 saturated heterocycles. The van der Waals surface area contributed by atoms with E-state index >= 15 is 0 Å². The van der Waals surface area contributed by atoms with Crippen LogP contribution < -0.4 is 5.73 Å². The Morgan fingerprint density at radius 1 is 1.14 bits per heavy atom. The van der Waals surface area contributed by atoms with Crippen LogP contribution in [0, 0.1) is 0 Å². The monoisotopic (exact) mass is 291 g/mol. The summed E-state index contributed by atoms with van der Waals surface area (Å²) >= 11 is 0. The van der Waals surface area contributed by atoms with Crippen LogP contribution in [0.15, 0.2) is 30.3 Å². The van der Waals surface area contributed by atoms with Crippen molar-refractivity contribution in [2.75, 3.05) is 26.7 Å². The number of nitrogens with zero attached hydrogens (tertiary/aromatic N) is 2. The van der Waals surface area contributed by atoms with Gasteiger partial charge in [-0.15, -0.1) is 0 Å². The van der Waals surface area contributed by atoms with Gasteiger partial charge in [0.1, 0.15) is 0 Å². The van der Waals surface area contributed by atoms with Crippen LogP contribution in [0.3, 0.4) is 0 Å². The van der Waals surface area contributed by atoms with Crippen LogP contribution in [-0.4, -0.2) is 54.3 Å². The molecule has 0 spiro atoms. The largest absolute Gasteiger partial charge is 0.342 e. The van der Waals surface area contributed by atoms with E-state index in [9.17, 15) is 9.59 Å². The summed E-state index contributed by atoms with van der Waals surface area (Å²) in [5.41, 5.74) is 6.97. The first-order valence-corrected chi connectivity index (χ1v) is 7.31. The summed E-state index contributed by atoms with van der Waals surface area (Å²) < 4.78 is 0. The van der Waals surface area contributed by atoms with Crippen molar-refractivity contribution in [2.24, 2.45) is 5.73 Å². The average Bonchev–Trinajstić information content (AvgIpc) is 2.48. The van der Waals surface area contributed by atoms with Crippen LogP contribution >= 0.6 is 0 Å². The van der Waals surface area contributed by atoms with Crippen LogP contribution in [0.2, 0.25) is 0 Å². The van der Waals surface area contributed by atoms with Gasteiger partial charge in [-0.25, -0.2) is 0 Å². The lowest BCUT2D eigenvalue weighted by Crippen LogP contribution is -2.47. The molecule has 2 amide bonds. The minimum atomic E-state index is -0.623. The minimum Gasteiger partial charge on any atom is -0.342 e. The first-order chi connectivity index (χ1) is 9.99. The van der Waals surface area contributed by atoms with Crippen molar-refractivity contribution in [3.8, 4) is 0 Å². The summed E-state index contributed by atoms with van der Waals surface area (Å²) in [5, 5.41) is 0. The van der Waals surface area contributed by atoms with E-state index in [-0.39, 0.29) is 18.4 Å². The fourth-order valence-corrected chi connectivity index (χ4v) is 2.20. The molecule has 0 radical (unpaired) electrons. The molecule has 2 N–H and O–H groups in total. The van der Waals surface area contributed by atoms with Gasteiger partial charge < -0.3 is 15.5 Å². The maximum atomic E-state index is 12.2. The Kier molecular flexibility index (Phi) is 6.88. The van der Waals surface area contributed by atoms with Gasteiger partial charge in [0.15, 0.2) is 0 Å². The third-order valence-electron chi connectivity index (χ3n) is 3.48. The summed E-state index contributed by atoms with van der Waals surface area (Å²) in [5.74, 6) is -0.262. The quantitative estimate of drug-likeness (QED) is 0.811. The molecule has 0 saturated carbocycles. The van der Waals surface area contributed by atoms with E-state index in [4.69, 9.17) is 5.73 Å². The normalized spacial score (nSPS) is 11.8. The molecule has 0 aliphatic heterocycles. The van der Waals surface area contributed by atoms with E-state index in [0.29, 0.717) is 19.5 Å². The maximum Gasteiger partial charge on any atom is 0.242 e. The van der Waals surface area contributed by atoms with Gasteiger partial charge in [0.05, 0.1) is 12.6 Å². The maximum absolute atomic E-state index is 12.2. The topological polar surface area (TPSA) is 66.6 Å². The number of benzene rings is 1. The second-order valence-electron chi connectivity index (χ2n) is 5.06. The third kappa shape index (κ3) is 5.19. The van der Waals surface area contributed by atoms with Crippen molar-refractivity contribution < 1.29 is 9.59 Å². The number of carbonyl (C=O) groups excluding carboxylic acids is 2. The standard InChI is InChI=1S/C16H25N3O2/c1-4-19(5-2)15(20)12-18(3)16(21)14(17)11-13-9-7-6-8-10-13/h6-10,14H,4-5,11-12,17H2,1-3H3/t14-/m0/s1. The minimum absolute atomic E-state index is 0.0530. The van der Waals surface area contributed by atoms with Crippen LogP contribution in [0.4, 0.5) is 0 Å². The number of hydrogen-bond acceptors (Lipinski definition) is 3. The molecule has 0 aromatic heterocycles. The lowest BCUT2D eigenvalue weighted by molar-refractivity contribution is -0.139. The second kappa shape index (κ2) is 8.42. The fourth-order valence-electron chi connectivity index (χ4n) is 2.20. The highest BCUT2D eigenvalue weighted by Gasteiger charge is 2.21. The van der Waals surface area contributed by atoms with E-state index in [2.05, 4.69) is 0 Å². The smallest absolute Gasteiger partial charge is 0.242 e. The summed E-state index contributed by atoms with van der Waals surface area (Å²) in [6.07, 6.45) is 0.476. The van der Waals surface area contributed by atoms with Gasteiger partial charge in [-0.1, -0.05) is 30.3 Å². The van der Waals surface area contributed by atoms with Gasteiger partial charge in [-0.3, -0.25) is 9.59 Å². The van der Waals surface area contributed by atoms with Crippen LogP contribution in [0.5, 0.6) is 0 Å². The van der Waals surface area contributed by atoms with Gasteiger partial charge in [0.2, 0.25) is 11.8 Å². The lowest BCUT2D eigenvalue weighted by Gasteiger charge is -2.25. The second-order valence-corrected chi connectivity index (χ2v) is 5.06. The predicted octanol–water partition coefficient (Wildman–Crippen LogP) is 0.883. The van der Waals surface area contributed by atoms with E-state index < -0.39 is 6.04 Å². The lowest BCUT2D eigenvalue weighted by atomic mass is 10.1. The Balaban J connectivity index is 2.55. The molecule has 0 aliphatic carbocycles. The third-order valence-corrected chi connectivity index (χ3v) is 3.48. The molecule has 0 fully saturated rings. The molecule has 1 rings (SSSR count). The van der Waals surface area contributed by atoms with Crippen molar-refractivity contribution in [3.05, 3.63) is 35.9 Å². The predicted molar refractivity (Wildman–Crippen MR) is 83.7 cm³/mol. The molecule has 5 heteroatoms. The van der Waals surface area contributed by atoms with Crippen LogP contribution in [0.25, 0.3) is 0 Å². The highest BCUT2D eigenvalue weighted by molar-refractivity contribution is 5.87. The molecule has 116 valence electrons. The van der Waals surface area contributed by atoms with Gasteiger partial charge in [-0.05, 0) is 25.8 Å². The first kappa shape index (κ1) is 17.2.